The summed E-state index contributed by atoms with van der Waals surface area (Å²) in [6.07, 6.45) is 5.02. The number of aromatic nitrogens is 1. The SMILES string of the molecule is CN1CCC(CCNC(=O)NCCOc2ccc(Cl)cn2)CC1. The minimum absolute atomic E-state index is 0.148. The van der Waals surface area contributed by atoms with Crippen LogP contribution >= 0.6 is 11.6 Å². The number of ether oxygens (including phenoxy) is 1. The summed E-state index contributed by atoms with van der Waals surface area (Å²) in [4.78, 5) is 18.0. The van der Waals surface area contributed by atoms with Gasteiger partial charge in [-0.3, -0.25) is 0 Å². The third kappa shape index (κ3) is 7.05. The fraction of sp³-hybridized carbons (Fsp3) is 0.625. The molecule has 0 spiro atoms. The van der Waals surface area contributed by atoms with Gasteiger partial charge in [-0.05, 0) is 51.4 Å². The lowest BCUT2D eigenvalue weighted by molar-refractivity contribution is 0.209. The zero-order valence-electron chi connectivity index (χ0n) is 13.6. The fourth-order valence-corrected chi connectivity index (χ4v) is 2.68. The number of hydrogen-bond acceptors (Lipinski definition) is 4. The van der Waals surface area contributed by atoms with Crippen molar-refractivity contribution in [2.45, 2.75) is 19.3 Å². The number of hydrogen-bond donors (Lipinski definition) is 2. The van der Waals surface area contributed by atoms with E-state index in [2.05, 4.69) is 27.6 Å². The van der Waals surface area contributed by atoms with E-state index in [9.17, 15) is 4.79 Å². The Balaban J connectivity index is 1.49. The van der Waals surface area contributed by atoms with Crippen molar-refractivity contribution in [1.82, 2.24) is 20.5 Å². The van der Waals surface area contributed by atoms with Gasteiger partial charge in [-0.15, -0.1) is 0 Å². The van der Waals surface area contributed by atoms with E-state index in [1.165, 1.54) is 19.0 Å². The van der Waals surface area contributed by atoms with Gasteiger partial charge in [-0.2, -0.15) is 0 Å². The Bertz CT molecular complexity index is 475. The molecule has 1 aromatic heterocycles. The Hall–Kier alpha value is -1.53. The number of rotatable bonds is 7. The molecule has 0 atom stereocenters. The van der Waals surface area contributed by atoms with Gasteiger partial charge in [0, 0.05) is 18.8 Å². The molecule has 2 rings (SSSR count). The minimum Gasteiger partial charge on any atom is -0.476 e. The monoisotopic (exact) mass is 340 g/mol. The Kier molecular flexibility index (Phi) is 7.42. The number of urea groups is 1. The first-order valence-electron chi connectivity index (χ1n) is 8.08. The number of carbonyl (C=O) groups excluding carboxylic acids is 1. The van der Waals surface area contributed by atoms with E-state index in [-0.39, 0.29) is 6.03 Å². The molecule has 2 amide bonds. The molecule has 0 bridgehead atoms. The highest BCUT2D eigenvalue weighted by Gasteiger charge is 2.16. The van der Waals surface area contributed by atoms with Gasteiger partial charge >= 0.3 is 6.03 Å². The second-order valence-electron chi connectivity index (χ2n) is 5.88. The van der Waals surface area contributed by atoms with E-state index in [1.54, 1.807) is 12.1 Å². The van der Waals surface area contributed by atoms with Crippen LogP contribution in [0.15, 0.2) is 18.3 Å². The molecule has 0 unspecified atom stereocenters. The molecule has 0 aliphatic carbocycles. The molecule has 2 heterocycles. The Morgan fingerprint density at radius 2 is 2.09 bits per heavy atom. The highest BCUT2D eigenvalue weighted by molar-refractivity contribution is 6.30. The molecule has 128 valence electrons. The van der Waals surface area contributed by atoms with Gasteiger partial charge < -0.3 is 20.3 Å². The maximum Gasteiger partial charge on any atom is 0.314 e. The van der Waals surface area contributed by atoms with E-state index in [1.807, 2.05) is 0 Å². The van der Waals surface area contributed by atoms with Crippen LogP contribution in [0, 0.1) is 5.92 Å². The van der Waals surface area contributed by atoms with Crippen LogP contribution in [0.25, 0.3) is 0 Å². The van der Waals surface area contributed by atoms with Crippen molar-refractivity contribution in [3.8, 4) is 5.88 Å². The van der Waals surface area contributed by atoms with Gasteiger partial charge in [0.1, 0.15) is 6.61 Å². The summed E-state index contributed by atoms with van der Waals surface area (Å²) in [5.41, 5.74) is 0. The molecule has 23 heavy (non-hydrogen) atoms. The first-order chi connectivity index (χ1) is 11.1. The Morgan fingerprint density at radius 3 is 2.78 bits per heavy atom. The third-order valence-electron chi connectivity index (χ3n) is 4.01. The van der Waals surface area contributed by atoms with Crippen molar-refractivity contribution < 1.29 is 9.53 Å². The van der Waals surface area contributed by atoms with Gasteiger partial charge in [0.2, 0.25) is 5.88 Å². The molecular weight excluding hydrogens is 316 g/mol. The van der Waals surface area contributed by atoms with E-state index in [0.717, 1.165) is 32.0 Å². The van der Waals surface area contributed by atoms with Gasteiger partial charge in [0.15, 0.2) is 0 Å². The quantitative estimate of drug-likeness (QED) is 0.746. The van der Waals surface area contributed by atoms with Crippen LogP contribution in [0.1, 0.15) is 19.3 Å². The van der Waals surface area contributed by atoms with E-state index in [0.29, 0.717) is 24.1 Å². The predicted octanol–water partition coefficient (Wildman–Crippen LogP) is 2.14. The van der Waals surface area contributed by atoms with Crippen LogP contribution in [0.5, 0.6) is 5.88 Å². The molecule has 0 aromatic carbocycles. The smallest absolute Gasteiger partial charge is 0.314 e. The maximum absolute atomic E-state index is 11.7. The molecule has 1 fully saturated rings. The lowest BCUT2D eigenvalue weighted by Crippen LogP contribution is -2.39. The number of piperidine rings is 1. The standard InChI is InChI=1S/C16H25ClN4O2/c1-21-9-5-13(6-10-21)4-7-18-16(22)19-8-11-23-15-3-2-14(17)12-20-15/h2-3,12-13H,4-11H2,1H3,(H2,18,19,22). The highest BCUT2D eigenvalue weighted by atomic mass is 35.5. The number of nitrogens with zero attached hydrogens (tertiary/aromatic N) is 2. The number of amides is 2. The van der Waals surface area contributed by atoms with Crippen LogP contribution in [-0.2, 0) is 0 Å². The van der Waals surface area contributed by atoms with Gasteiger partial charge in [0.25, 0.3) is 0 Å². The summed E-state index contributed by atoms with van der Waals surface area (Å²) in [6, 6.07) is 3.27. The Morgan fingerprint density at radius 1 is 1.35 bits per heavy atom. The van der Waals surface area contributed by atoms with Crippen molar-refractivity contribution >= 4 is 17.6 Å². The first-order valence-corrected chi connectivity index (χ1v) is 8.46. The first kappa shape index (κ1) is 17.8. The molecule has 0 saturated carbocycles. The second kappa shape index (κ2) is 9.57. The maximum atomic E-state index is 11.7. The van der Waals surface area contributed by atoms with E-state index >= 15 is 0 Å². The third-order valence-corrected chi connectivity index (χ3v) is 4.24. The molecule has 1 saturated heterocycles. The lowest BCUT2D eigenvalue weighted by atomic mass is 9.94. The summed E-state index contributed by atoms with van der Waals surface area (Å²) >= 11 is 5.74. The van der Waals surface area contributed by atoms with Crippen LogP contribution in [-0.4, -0.2) is 55.7 Å². The number of halogens is 1. The molecule has 1 aliphatic rings. The zero-order chi connectivity index (χ0) is 16.5. The second-order valence-corrected chi connectivity index (χ2v) is 6.32. The topological polar surface area (TPSA) is 66.5 Å². The Labute approximate surface area is 142 Å². The lowest BCUT2D eigenvalue weighted by Gasteiger charge is -2.28. The summed E-state index contributed by atoms with van der Waals surface area (Å²) in [7, 11) is 2.16. The van der Waals surface area contributed by atoms with Crippen molar-refractivity contribution in [3.63, 3.8) is 0 Å². The molecule has 1 aromatic rings. The minimum atomic E-state index is -0.148. The fourth-order valence-electron chi connectivity index (χ4n) is 2.57. The van der Waals surface area contributed by atoms with Crippen molar-refractivity contribution in [2.24, 2.45) is 5.92 Å². The van der Waals surface area contributed by atoms with Gasteiger partial charge in [-0.1, -0.05) is 11.6 Å². The van der Waals surface area contributed by atoms with Crippen LogP contribution in [0.2, 0.25) is 5.02 Å². The summed E-state index contributed by atoms with van der Waals surface area (Å²) in [6.45, 7) is 3.85. The van der Waals surface area contributed by atoms with Crippen LogP contribution in [0.3, 0.4) is 0 Å². The van der Waals surface area contributed by atoms with Gasteiger partial charge in [0.05, 0.1) is 11.6 Å². The average molecular weight is 341 g/mol. The number of carbonyl (C=O) groups is 1. The van der Waals surface area contributed by atoms with Gasteiger partial charge in [-0.25, -0.2) is 9.78 Å². The predicted molar refractivity (Wildman–Crippen MR) is 91.0 cm³/mol. The van der Waals surface area contributed by atoms with Crippen molar-refractivity contribution in [3.05, 3.63) is 23.4 Å². The van der Waals surface area contributed by atoms with E-state index < -0.39 is 0 Å². The van der Waals surface area contributed by atoms with Crippen LogP contribution in [0.4, 0.5) is 4.79 Å². The summed E-state index contributed by atoms with van der Waals surface area (Å²) < 4.78 is 5.40. The normalized spacial score (nSPS) is 16.1. The average Bonchev–Trinajstić information content (AvgIpc) is 2.55. The summed E-state index contributed by atoms with van der Waals surface area (Å²) in [5, 5.41) is 6.24. The molecular formula is C16H25ClN4O2. The number of likely N-dealkylation sites (tertiary alicyclic amines) is 1. The zero-order valence-corrected chi connectivity index (χ0v) is 14.3. The number of pyridine rings is 1. The summed E-state index contributed by atoms with van der Waals surface area (Å²) in [5.74, 6) is 1.23. The van der Waals surface area contributed by atoms with Crippen molar-refractivity contribution in [2.75, 3.05) is 39.8 Å². The van der Waals surface area contributed by atoms with E-state index in [4.69, 9.17) is 16.3 Å². The molecule has 1 aliphatic heterocycles. The largest absolute Gasteiger partial charge is 0.476 e. The molecule has 0 radical (unpaired) electrons. The molecule has 7 heteroatoms. The van der Waals surface area contributed by atoms with Crippen molar-refractivity contribution in [1.29, 1.82) is 0 Å². The molecule has 2 N–H and O–H groups in total. The van der Waals surface area contributed by atoms with Crippen LogP contribution < -0.4 is 15.4 Å². The highest BCUT2D eigenvalue weighted by Crippen LogP contribution is 2.18. The number of nitrogens with one attached hydrogen (secondary N) is 2. The molecule has 6 nitrogen and oxygen atoms in total.